The predicted octanol–water partition coefficient (Wildman–Crippen LogP) is 4.98. The molecule has 96 valence electrons. The van der Waals surface area contributed by atoms with Crippen molar-refractivity contribution in [2.75, 3.05) is 5.32 Å². The second-order valence-electron chi connectivity index (χ2n) is 4.74. The Morgan fingerprint density at radius 2 is 2.26 bits per heavy atom. The molecule has 19 heavy (non-hydrogen) atoms. The minimum atomic E-state index is 0.402. The van der Waals surface area contributed by atoms with E-state index in [0.717, 1.165) is 11.3 Å². The van der Waals surface area contributed by atoms with Crippen LogP contribution in [0.4, 0.5) is 5.69 Å². The van der Waals surface area contributed by atoms with E-state index in [1.54, 1.807) is 0 Å². The maximum Gasteiger partial charge on any atom is 0.0705 e. The minimum absolute atomic E-state index is 0.402. The molecule has 0 radical (unpaired) electrons. The Labute approximate surface area is 126 Å². The van der Waals surface area contributed by atoms with Crippen LogP contribution >= 0.6 is 27.3 Å². The van der Waals surface area contributed by atoms with Gasteiger partial charge in [-0.25, -0.2) is 0 Å². The van der Waals surface area contributed by atoms with Crippen LogP contribution in [0.2, 0.25) is 0 Å². The van der Waals surface area contributed by atoms with E-state index in [1.807, 2.05) is 29.5 Å². The van der Waals surface area contributed by atoms with Gasteiger partial charge in [0.1, 0.15) is 0 Å². The highest BCUT2D eigenvalue weighted by atomic mass is 79.9. The maximum atomic E-state index is 5.45. The van der Waals surface area contributed by atoms with Crippen LogP contribution in [0.5, 0.6) is 0 Å². The van der Waals surface area contributed by atoms with E-state index in [9.17, 15) is 0 Å². The molecule has 2 aromatic rings. The summed E-state index contributed by atoms with van der Waals surface area (Å²) in [6.45, 7) is 0. The summed E-state index contributed by atoms with van der Waals surface area (Å²) >= 11 is 5.45. The molecule has 1 aliphatic carbocycles. The molecule has 0 spiro atoms. The number of hydrogen-bond acceptors (Lipinski definition) is 2. The van der Waals surface area contributed by atoms with E-state index in [1.165, 1.54) is 33.5 Å². The summed E-state index contributed by atoms with van der Waals surface area (Å²) in [5.41, 5.74) is 3.47. The third-order valence-corrected chi connectivity index (χ3v) is 5.17. The molecule has 1 N–H and O–H groups in total. The molecule has 1 nitrogen and oxygen atoms in total. The molecule has 1 aromatic heterocycles. The number of benzene rings is 1. The smallest absolute Gasteiger partial charge is 0.0705 e. The van der Waals surface area contributed by atoms with Crippen LogP contribution in [0.15, 0.2) is 34.1 Å². The van der Waals surface area contributed by atoms with Crippen molar-refractivity contribution in [1.82, 2.24) is 0 Å². The van der Waals surface area contributed by atoms with E-state index in [4.69, 9.17) is 6.42 Å². The van der Waals surface area contributed by atoms with Gasteiger partial charge in [0.15, 0.2) is 0 Å². The van der Waals surface area contributed by atoms with Crippen molar-refractivity contribution < 1.29 is 0 Å². The molecule has 1 aliphatic rings. The third kappa shape index (κ3) is 2.70. The lowest BCUT2D eigenvalue weighted by atomic mass is 9.94. The second-order valence-corrected chi connectivity index (χ2v) is 7.26. The average Bonchev–Trinajstić information content (AvgIpc) is 2.80. The van der Waals surface area contributed by atoms with Crippen LogP contribution in [0.25, 0.3) is 0 Å². The number of nitrogens with one attached hydrogen (secondary N) is 1. The van der Waals surface area contributed by atoms with Crippen molar-refractivity contribution >= 4 is 33.0 Å². The predicted molar refractivity (Wildman–Crippen MR) is 85.7 cm³/mol. The minimum Gasteiger partial charge on any atom is -0.378 e. The summed E-state index contributed by atoms with van der Waals surface area (Å²) in [4.78, 5) is 1.50. The van der Waals surface area contributed by atoms with E-state index in [2.05, 4.69) is 39.3 Å². The Balaban J connectivity index is 1.86. The van der Waals surface area contributed by atoms with Gasteiger partial charge < -0.3 is 5.32 Å². The van der Waals surface area contributed by atoms with Gasteiger partial charge in [0, 0.05) is 16.1 Å². The monoisotopic (exact) mass is 331 g/mol. The normalized spacial score (nSPS) is 17.6. The second kappa shape index (κ2) is 5.40. The highest BCUT2D eigenvalue weighted by Crippen LogP contribution is 2.39. The first-order chi connectivity index (χ1) is 9.26. The molecule has 1 atom stereocenters. The van der Waals surface area contributed by atoms with Gasteiger partial charge in [-0.2, -0.15) is 0 Å². The summed E-state index contributed by atoms with van der Waals surface area (Å²) in [5.74, 6) is 2.68. The molecule has 0 fully saturated rings. The molecule has 0 bridgehead atoms. The number of hydrogen-bond donors (Lipinski definition) is 1. The van der Waals surface area contributed by atoms with E-state index >= 15 is 0 Å². The molecule has 3 rings (SSSR count). The maximum absolute atomic E-state index is 5.45. The molecule has 0 saturated carbocycles. The van der Waals surface area contributed by atoms with Gasteiger partial charge in [0.05, 0.1) is 9.83 Å². The van der Waals surface area contributed by atoms with Crippen molar-refractivity contribution in [3.63, 3.8) is 0 Å². The summed E-state index contributed by atoms with van der Waals surface area (Å²) in [7, 11) is 0. The number of halogens is 1. The lowest BCUT2D eigenvalue weighted by molar-refractivity contribution is 0.609. The molecule has 1 unspecified atom stereocenters. The highest BCUT2D eigenvalue weighted by Gasteiger charge is 2.22. The van der Waals surface area contributed by atoms with Gasteiger partial charge in [-0.15, -0.1) is 17.8 Å². The Kier molecular flexibility index (Phi) is 3.63. The fourth-order valence-electron chi connectivity index (χ4n) is 2.57. The van der Waals surface area contributed by atoms with Gasteiger partial charge >= 0.3 is 0 Å². The standard InChI is InChI=1S/C16H14BrNS/c1-2-11-5-3-6-12(9-11)18-14-7-4-8-15-13(14)10-16(17)19-15/h1,3,5-6,9-10,14,18H,4,7-8H2. The largest absolute Gasteiger partial charge is 0.378 e. The molecular weight excluding hydrogens is 318 g/mol. The van der Waals surface area contributed by atoms with E-state index in [-0.39, 0.29) is 0 Å². The number of anilines is 1. The molecule has 3 heteroatoms. The molecule has 0 aliphatic heterocycles. The molecule has 0 saturated heterocycles. The van der Waals surface area contributed by atoms with Crippen LogP contribution in [0.3, 0.4) is 0 Å². The first kappa shape index (κ1) is 12.8. The number of rotatable bonds is 2. The van der Waals surface area contributed by atoms with Gasteiger partial charge in [0.2, 0.25) is 0 Å². The van der Waals surface area contributed by atoms with Crippen molar-refractivity contribution in [1.29, 1.82) is 0 Å². The first-order valence-electron chi connectivity index (χ1n) is 6.37. The lowest BCUT2D eigenvalue weighted by Crippen LogP contribution is -2.15. The van der Waals surface area contributed by atoms with Gasteiger partial charge in [-0.05, 0) is 65.0 Å². The Morgan fingerprint density at radius 3 is 3.11 bits per heavy atom. The zero-order valence-corrected chi connectivity index (χ0v) is 12.9. The quantitative estimate of drug-likeness (QED) is 0.765. The van der Waals surface area contributed by atoms with Crippen LogP contribution in [0, 0.1) is 12.3 Å². The summed E-state index contributed by atoms with van der Waals surface area (Å²) in [5, 5.41) is 3.62. The van der Waals surface area contributed by atoms with Gasteiger partial charge in [0.25, 0.3) is 0 Å². The van der Waals surface area contributed by atoms with Crippen LogP contribution in [0.1, 0.15) is 34.9 Å². The van der Waals surface area contributed by atoms with Crippen LogP contribution in [-0.4, -0.2) is 0 Å². The molecular formula is C16H14BrNS. The summed E-state index contributed by atoms with van der Waals surface area (Å²) in [6.07, 6.45) is 9.07. The fourth-order valence-corrected chi connectivity index (χ4v) is 4.39. The van der Waals surface area contributed by atoms with Gasteiger partial charge in [-0.3, -0.25) is 0 Å². The number of thiophene rings is 1. The zero-order chi connectivity index (χ0) is 13.2. The number of fused-ring (bicyclic) bond motifs is 1. The van der Waals surface area contributed by atoms with Crippen molar-refractivity contribution in [3.8, 4) is 12.3 Å². The summed E-state index contributed by atoms with van der Waals surface area (Å²) in [6, 6.07) is 10.7. The fraction of sp³-hybridized carbons (Fsp3) is 0.250. The average molecular weight is 332 g/mol. The van der Waals surface area contributed by atoms with Crippen molar-refractivity contribution in [3.05, 3.63) is 50.1 Å². The van der Waals surface area contributed by atoms with Gasteiger partial charge in [-0.1, -0.05) is 12.0 Å². The number of terminal acetylenes is 1. The zero-order valence-electron chi connectivity index (χ0n) is 10.4. The highest BCUT2D eigenvalue weighted by molar-refractivity contribution is 9.11. The first-order valence-corrected chi connectivity index (χ1v) is 7.98. The molecule has 1 aromatic carbocycles. The Hall–Kier alpha value is -1.24. The van der Waals surface area contributed by atoms with E-state index in [0.29, 0.717) is 6.04 Å². The van der Waals surface area contributed by atoms with Crippen molar-refractivity contribution in [2.24, 2.45) is 0 Å². The summed E-state index contributed by atoms with van der Waals surface area (Å²) < 4.78 is 1.23. The Morgan fingerprint density at radius 1 is 1.37 bits per heavy atom. The third-order valence-electron chi connectivity index (χ3n) is 3.45. The molecule has 1 heterocycles. The Bertz CT molecular complexity index is 638. The lowest BCUT2D eigenvalue weighted by Gasteiger charge is -2.24. The van der Waals surface area contributed by atoms with Crippen molar-refractivity contribution in [2.45, 2.75) is 25.3 Å². The molecule has 0 amide bonds. The van der Waals surface area contributed by atoms with Crippen LogP contribution < -0.4 is 5.32 Å². The number of aryl methyl sites for hydroxylation is 1. The van der Waals surface area contributed by atoms with E-state index < -0.39 is 0 Å². The van der Waals surface area contributed by atoms with Crippen LogP contribution in [-0.2, 0) is 6.42 Å². The SMILES string of the molecule is C#Cc1cccc(NC2CCCc3sc(Br)cc32)c1. The topological polar surface area (TPSA) is 12.0 Å².